The summed E-state index contributed by atoms with van der Waals surface area (Å²) in [6.45, 7) is 6.00. The maximum Gasteiger partial charge on any atom is 0.346 e. The Balaban J connectivity index is 2.32. The minimum Gasteiger partial charge on any atom is -0.478 e. The number of aromatic nitrogens is 3. The smallest absolute Gasteiger partial charge is 0.346 e. The van der Waals surface area contributed by atoms with Crippen LogP contribution in [0.2, 0.25) is 0 Å². The van der Waals surface area contributed by atoms with Crippen LogP contribution in [0.1, 0.15) is 36.7 Å². The van der Waals surface area contributed by atoms with Crippen molar-refractivity contribution in [3.05, 3.63) is 52.2 Å². The van der Waals surface area contributed by atoms with E-state index in [1.54, 1.807) is 18.2 Å². The number of rotatable bonds is 3. The fraction of sp³-hybridized carbons (Fsp3) is 0.357. The number of carboxylic acids is 1. The quantitative estimate of drug-likeness (QED) is 0.922. The van der Waals surface area contributed by atoms with Crippen LogP contribution in [0.15, 0.2) is 35.4 Å². The van der Waals surface area contributed by atoms with Crippen LogP contribution in [0.5, 0.6) is 0 Å². The third-order valence-electron chi connectivity index (χ3n) is 2.90. The van der Waals surface area contributed by atoms with Gasteiger partial charge in [-0.3, -0.25) is 4.57 Å². The summed E-state index contributed by atoms with van der Waals surface area (Å²) in [4.78, 5) is 23.1. The zero-order chi connectivity index (χ0) is 14.9. The number of aromatic carboxylic acids is 1. The van der Waals surface area contributed by atoms with Crippen LogP contribution in [0.3, 0.4) is 0 Å². The second-order valence-electron chi connectivity index (χ2n) is 5.63. The summed E-state index contributed by atoms with van der Waals surface area (Å²) in [7, 11) is 0. The highest BCUT2D eigenvalue weighted by molar-refractivity contribution is 5.87. The van der Waals surface area contributed by atoms with Crippen molar-refractivity contribution in [3.8, 4) is 0 Å². The van der Waals surface area contributed by atoms with Crippen LogP contribution in [-0.4, -0.2) is 25.4 Å². The summed E-state index contributed by atoms with van der Waals surface area (Å²) in [6, 6.07) is 6.53. The van der Waals surface area contributed by atoms with Gasteiger partial charge in [0.05, 0.1) is 17.6 Å². The van der Waals surface area contributed by atoms with Crippen molar-refractivity contribution < 1.29 is 9.90 Å². The first-order chi connectivity index (χ1) is 9.29. The molecule has 106 valence electrons. The molecule has 1 aromatic carbocycles. The number of hydrogen-bond acceptors (Lipinski definition) is 3. The molecule has 0 amide bonds. The summed E-state index contributed by atoms with van der Waals surface area (Å²) >= 11 is 0. The van der Waals surface area contributed by atoms with Crippen LogP contribution in [0.25, 0.3) is 0 Å². The zero-order valence-corrected chi connectivity index (χ0v) is 11.7. The van der Waals surface area contributed by atoms with E-state index in [2.05, 4.69) is 5.10 Å². The van der Waals surface area contributed by atoms with E-state index in [9.17, 15) is 9.59 Å². The molecule has 2 aromatic rings. The Morgan fingerprint density at radius 2 is 2.05 bits per heavy atom. The Morgan fingerprint density at radius 1 is 1.35 bits per heavy atom. The van der Waals surface area contributed by atoms with Gasteiger partial charge in [0.15, 0.2) is 0 Å². The first-order valence-electron chi connectivity index (χ1n) is 6.26. The SMILES string of the molecule is CC(C)(C)n1ncn(Cc2cccc(C(=O)O)c2)c1=O. The van der Waals surface area contributed by atoms with Crippen molar-refractivity contribution in [2.75, 3.05) is 0 Å². The van der Waals surface area contributed by atoms with Crippen molar-refractivity contribution in [3.63, 3.8) is 0 Å². The number of carboxylic acid groups (broad SMARTS) is 1. The third kappa shape index (κ3) is 2.79. The highest BCUT2D eigenvalue weighted by Crippen LogP contribution is 2.09. The van der Waals surface area contributed by atoms with Gasteiger partial charge in [0.25, 0.3) is 0 Å². The molecule has 20 heavy (non-hydrogen) atoms. The number of carbonyl (C=O) groups is 1. The molecule has 1 N–H and O–H groups in total. The maximum atomic E-state index is 12.2. The lowest BCUT2D eigenvalue weighted by Crippen LogP contribution is -2.35. The highest BCUT2D eigenvalue weighted by Gasteiger charge is 2.18. The molecule has 1 heterocycles. The van der Waals surface area contributed by atoms with Crippen molar-refractivity contribution >= 4 is 5.97 Å². The molecular weight excluding hydrogens is 258 g/mol. The maximum absolute atomic E-state index is 12.2. The topological polar surface area (TPSA) is 77.1 Å². The van der Waals surface area contributed by atoms with Crippen LogP contribution in [0, 0.1) is 0 Å². The fourth-order valence-corrected chi connectivity index (χ4v) is 1.90. The Morgan fingerprint density at radius 3 is 2.60 bits per heavy atom. The molecule has 0 aliphatic rings. The Bertz CT molecular complexity index is 692. The minimum absolute atomic E-state index is 0.207. The number of nitrogens with zero attached hydrogens (tertiary/aromatic N) is 3. The van der Waals surface area contributed by atoms with Gasteiger partial charge in [-0.2, -0.15) is 5.10 Å². The lowest BCUT2D eigenvalue weighted by Gasteiger charge is -2.16. The molecule has 6 heteroatoms. The largest absolute Gasteiger partial charge is 0.478 e. The van der Waals surface area contributed by atoms with E-state index in [0.717, 1.165) is 5.56 Å². The second kappa shape index (κ2) is 4.96. The van der Waals surface area contributed by atoms with E-state index in [1.165, 1.54) is 21.6 Å². The standard InChI is InChI=1S/C14H17N3O3/c1-14(2,3)17-13(20)16(9-15-17)8-10-5-4-6-11(7-10)12(18)19/h4-7,9H,8H2,1-3H3,(H,18,19). The van der Waals surface area contributed by atoms with E-state index in [4.69, 9.17) is 5.11 Å². The molecule has 0 aliphatic carbocycles. The van der Waals surface area contributed by atoms with Gasteiger partial charge in [0.2, 0.25) is 0 Å². The molecule has 0 saturated carbocycles. The molecule has 0 fully saturated rings. The summed E-state index contributed by atoms with van der Waals surface area (Å²) in [5.74, 6) is -0.982. The third-order valence-corrected chi connectivity index (χ3v) is 2.90. The van der Waals surface area contributed by atoms with Gasteiger partial charge in [0.1, 0.15) is 6.33 Å². The van der Waals surface area contributed by atoms with Gasteiger partial charge in [-0.1, -0.05) is 12.1 Å². The molecule has 0 saturated heterocycles. The molecule has 0 unspecified atom stereocenters. The molecule has 0 bridgehead atoms. The first-order valence-corrected chi connectivity index (χ1v) is 6.26. The van der Waals surface area contributed by atoms with Crippen molar-refractivity contribution in [2.45, 2.75) is 32.9 Å². The normalized spacial score (nSPS) is 11.6. The highest BCUT2D eigenvalue weighted by atomic mass is 16.4. The molecule has 0 atom stereocenters. The molecule has 2 rings (SSSR count). The Labute approximate surface area is 116 Å². The average molecular weight is 275 g/mol. The molecule has 6 nitrogen and oxygen atoms in total. The summed E-state index contributed by atoms with van der Waals surface area (Å²) < 4.78 is 2.88. The van der Waals surface area contributed by atoms with Gasteiger partial charge in [0, 0.05) is 0 Å². The molecule has 0 aliphatic heterocycles. The van der Waals surface area contributed by atoms with Gasteiger partial charge >= 0.3 is 11.7 Å². The molecular formula is C14H17N3O3. The fourth-order valence-electron chi connectivity index (χ4n) is 1.90. The number of benzene rings is 1. The molecule has 0 radical (unpaired) electrons. The summed E-state index contributed by atoms with van der Waals surface area (Å²) in [5.41, 5.74) is 0.364. The molecule has 0 spiro atoms. The van der Waals surface area contributed by atoms with E-state index in [-0.39, 0.29) is 16.8 Å². The van der Waals surface area contributed by atoms with E-state index in [0.29, 0.717) is 6.54 Å². The predicted molar refractivity (Wildman–Crippen MR) is 74.0 cm³/mol. The van der Waals surface area contributed by atoms with Crippen LogP contribution in [-0.2, 0) is 12.1 Å². The first kappa shape index (κ1) is 14.0. The lowest BCUT2D eigenvalue weighted by atomic mass is 10.1. The lowest BCUT2D eigenvalue weighted by molar-refractivity contribution is 0.0696. The molecule has 1 aromatic heterocycles. The van der Waals surface area contributed by atoms with Crippen molar-refractivity contribution in [2.24, 2.45) is 0 Å². The van der Waals surface area contributed by atoms with E-state index >= 15 is 0 Å². The van der Waals surface area contributed by atoms with E-state index in [1.807, 2.05) is 20.8 Å². The zero-order valence-electron chi connectivity index (χ0n) is 11.7. The second-order valence-corrected chi connectivity index (χ2v) is 5.63. The van der Waals surface area contributed by atoms with Crippen LogP contribution in [0.4, 0.5) is 0 Å². The Kier molecular flexibility index (Phi) is 3.48. The minimum atomic E-state index is -0.982. The Hall–Kier alpha value is -2.37. The van der Waals surface area contributed by atoms with Crippen LogP contribution < -0.4 is 5.69 Å². The van der Waals surface area contributed by atoms with Crippen molar-refractivity contribution in [1.82, 2.24) is 14.3 Å². The van der Waals surface area contributed by atoms with E-state index < -0.39 is 5.97 Å². The van der Waals surface area contributed by atoms with Crippen molar-refractivity contribution in [1.29, 1.82) is 0 Å². The summed E-state index contributed by atoms with van der Waals surface area (Å²) in [5, 5.41) is 13.0. The van der Waals surface area contributed by atoms with Crippen LogP contribution >= 0.6 is 0 Å². The monoisotopic (exact) mass is 275 g/mol. The van der Waals surface area contributed by atoms with Gasteiger partial charge in [-0.15, -0.1) is 0 Å². The van der Waals surface area contributed by atoms with Gasteiger partial charge in [-0.05, 0) is 38.5 Å². The average Bonchev–Trinajstić information content (AvgIpc) is 2.71. The summed E-state index contributed by atoms with van der Waals surface area (Å²) in [6.07, 6.45) is 1.47. The predicted octanol–water partition coefficient (Wildman–Crippen LogP) is 1.55. The van der Waals surface area contributed by atoms with Gasteiger partial charge in [-0.25, -0.2) is 14.3 Å². The number of hydrogen-bond donors (Lipinski definition) is 1. The van der Waals surface area contributed by atoms with Gasteiger partial charge < -0.3 is 5.11 Å².